The van der Waals surface area contributed by atoms with Crippen LogP contribution >= 0.6 is 141 Å². The van der Waals surface area contributed by atoms with Gasteiger partial charge in [-0.1, -0.05) is 238 Å². The molecule has 6 heterocycles. The molecule has 0 saturated carbocycles. The highest BCUT2D eigenvalue weighted by molar-refractivity contribution is 9.11. The molecular weight excluding hydrogens is 1520 g/mol. The molecule has 0 atom stereocenters. The van der Waals surface area contributed by atoms with Crippen molar-refractivity contribution in [2.75, 3.05) is 0 Å². The van der Waals surface area contributed by atoms with Gasteiger partial charge in [0, 0.05) is 91.1 Å². The number of halogens is 6. The van der Waals surface area contributed by atoms with Gasteiger partial charge in [-0.3, -0.25) is 0 Å². The van der Waals surface area contributed by atoms with E-state index in [0.29, 0.717) is 12.1 Å². The van der Waals surface area contributed by atoms with Crippen LogP contribution in [0.15, 0.2) is 133 Å². The molecule has 0 amide bonds. The number of rotatable bonds is 34. The van der Waals surface area contributed by atoms with E-state index in [1.807, 2.05) is 22.7 Å². The number of nitrogens with zero attached hydrogens (tertiary/aromatic N) is 2. The lowest BCUT2D eigenvalue weighted by Crippen LogP contribution is -2.10. The zero-order valence-corrected chi connectivity index (χ0v) is 63.9. The van der Waals surface area contributed by atoms with Crippen molar-refractivity contribution in [1.29, 1.82) is 0 Å². The number of aromatic nitrogens is 2. The molecule has 10 rings (SSSR count). The standard InChI is InChI=1S/C37H43Br4NS2.C37H45Br2NS2/c1-3-5-7-9-11-13-15-25(16-14-12-10-8-6-4-2)42-34-23-28(36-30(38)17-19-43-36)32(40)21-26(34)27-22-33(41)29(24-35(27)42)37-31(39)18-20-44-37;1-3-5-7-9-11-13-15-29(16-14-12-10-8-6-4-2)40-34-25-27(36-32(38)21-23-41-36)17-19-30(34)31-20-18-28(26-35(31)40)37-33(39)22-24-42-37/h17-25H,3-16H2,1-2H3;17-26,29H,3-16H2,1-2H3. The van der Waals surface area contributed by atoms with Crippen molar-refractivity contribution in [3.8, 4) is 41.8 Å². The fourth-order valence-electron chi connectivity index (χ4n) is 13.0. The lowest BCUT2D eigenvalue weighted by atomic mass is 9.99. The van der Waals surface area contributed by atoms with Gasteiger partial charge in [-0.15, -0.1) is 45.3 Å². The number of hydrogen-bond acceptors (Lipinski definition) is 4. The summed E-state index contributed by atoms with van der Waals surface area (Å²) >= 11 is 30.5. The van der Waals surface area contributed by atoms with E-state index >= 15 is 0 Å². The van der Waals surface area contributed by atoms with E-state index in [9.17, 15) is 0 Å². The van der Waals surface area contributed by atoms with Gasteiger partial charge < -0.3 is 9.13 Å². The third-order valence-electron chi connectivity index (χ3n) is 17.6. The Morgan fingerprint density at radius 1 is 0.291 bits per heavy atom. The van der Waals surface area contributed by atoms with E-state index in [2.05, 4.69) is 239 Å². The third kappa shape index (κ3) is 17.4. The normalized spacial score (nSPS) is 12.0. The van der Waals surface area contributed by atoms with Crippen molar-refractivity contribution in [3.05, 3.63) is 133 Å². The second-order valence-electron chi connectivity index (χ2n) is 23.8. The topological polar surface area (TPSA) is 9.86 Å². The maximum Gasteiger partial charge on any atom is 0.0501 e. The van der Waals surface area contributed by atoms with Crippen LogP contribution in [0.4, 0.5) is 0 Å². The SMILES string of the molecule is CCCCCCCCC(CCCCCCCC)n1c2cc(-c3sccc3Br)c(Br)cc2c2cc(Br)c(-c3sccc3Br)cc21.CCCCCCCCC(CCCCCCCC)n1c2cc(-c3sccc3Br)ccc2c2ccc(-c3sccc3Br)cc21. The molecule has 0 unspecified atom stereocenters. The summed E-state index contributed by atoms with van der Waals surface area (Å²) in [6, 6.07) is 33.7. The molecule has 4 aromatic carbocycles. The molecule has 0 aliphatic carbocycles. The van der Waals surface area contributed by atoms with Gasteiger partial charge in [0.2, 0.25) is 0 Å². The smallest absolute Gasteiger partial charge is 0.0501 e. The van der Waals surface area contributed by atoms with Crippen LogP contribution in [0.5, 0.6) is 0 Å². The first kappa shape index (κ1) is 68.5. The average Bonchev–Trinajstić information content (AvgIpc) is 1.82. The van der Waals surface area contributed by atoms with Gasteiger partial charge >= 0.3 is 0 Å². The summed E-state index contributed by atoms with van der Waals surface area (Å²) in [6.45, 7) is 9.23. The molecule has 10 aromatic rings. The molecule has 0 spiro atoms. The maximum absolute atomic E-state index is 3.98. The summed E-state index contributed by atoms with van der Waals surface area (Å²) in [5.74, 6) is 0. The molecule has 0 bridgehead atoms. The first-order valence-electron chi connectivity index (χ1n) is 32.5. The third-order valence-corrected chi connectivity index (χ3v) is 26.4. The van der Waals surface area contributed by atoms with Crippen LogP contribution in [0, 0.1) is 0 Å². The molecule has 0 aliphatic rings. The lowest BCUT2D eigenvalue weighted by Gasteiger charge is -2.23. The molecule has 0 fully saturated rings. The number of unbranched alkanes of at least 4 members (excludes halogenated alkanes) is 20. The Bertz CT molecular complexity index is 3470. The van der Waals surface area contributed by atoms with Gasteiger partial charge in [-0.05, 0) is 183 Å². The van der Waals surface area contributed by atoms with E-state index in [0.717, 1.165) is 17.9 Å². The lowest BCUT2D eigenvalue weighted by molar-refractivity contribution is 0.410. The first-order chi connectivity index (χ1) is 42.1. The zero-order valence-electron chi connectivity index (χ0n) is 51.1. The van der Waals surface area contributed by atoms with Crippen molar-refractivity contribution in [2.45, 2.75) is 220 Å². The Morgan fingerprint density at radius 3 is 0.860 bits per heavy atom. The summed E-state index contributed by atoms with van der Waals surface area (Å²) in [5.41, 5.74) is 10.7. The van der Waals surface area contributed by atoms with Gasteiger partial charge in [0.15, 0.2) is 0 Å². The zero-order chi connectivity index (χ0) is 60.4. The summed E-state index contributed by atoms with van der Waals surface area (Å²) < 4.78 is 12.5. The Hall–Kier alpha value is -1.84. The number of benzene rings is 4. The molecule has 0 aliphatic heterocycles. The second kappa shape index (κ2) is 35.3. The molecule has 6 aromatic heterocycles. The van der Waals surface area contributed by atoms with Gasteiger partial charge in [-0.25, -0.2) is 0 Å². The molecule has 460 valence electrons. The molecular formula is C74H88Br6N2S4. The van der Waals surface area contributed by atoms with Crippen molar-refractivity contribution in [2.24, 2.45) is 0 Å². The first-order valence-corrected chi connectivity index (χ1v) is 40.8. The highest BCUT2D eigenvalue weighted by atomic mass is 79.9. The Labute approximate surface area is 581 Å². The molecule has 12 heteroatoms. The summed E-state index contributed by atoms with van der Waals surface area (Å²) in [6.07, 6.45) is 37.3. The molecule has 86 heavy (non-hydrogen) atoms. The minimum atomic E-state index is 0.481. The minimum absolute atomic E-state index is 0.481. The Kier molecular flexibility index (Phi) is 28.1. The van der Waals surface area contributed by atoms with Gasteiger partial charge in [0.05, 0.1) is 22.1 Å². The van der Waals surface area contributed by atoms with Crippen LogP contribution in [0.3, 0.4) is 0 Å². The summed E-state index contributed by atoms with van der Waals surface area (Å²) in [4.78, 5) is 5.20. The van der Waals surface area contributed by atoms with E-state index < -0.39 is 0 Å². The quantitative estimate of drug-likeness (QED) is 0.0356. The number of fused-ring (bicyclic) bond motifs is 6. The number of thiophene rings is 4. The molecule has 0 N–H and O–H groups in total. The predicted molar refractivity (Wildman–Crippen MR) is 408 cm³/mol. The fraction of sp³-hybridized carbons (Fsp3) is 0.459. The van der Waals surface area contributed by atoms with Crippen LogP contribution in [-0.4, -0.2) is 9.13 Å². The monoisotopic (exact) mass is 1610 g/mol. The highest BCUT2D eigenvalue weighted by Crippen LogP contribution is 2.48. The van der Waals surface area contributed by atoms with Gasteiger partial charge in [-0.2, -0.15) is 0 Å². The summed E-state index contributed by atoms with van der Waals surface area (Å²) in [5, 5.41) is 14.1. The van der Waals surface area contributed by atoms with Crippen LogP contribution < -0.4 is 0 Å². The van der Waals surface area contributed by atoms with Crippen molar-refractivity contribution < 1.29 is 0 Å². The van der Waals surface area contributed by atoms with Crippen LogP contribution in [0.25, 0.3) is 85.4 Å². The van der Waals surface area contributed by atoms with E-state index in [1.165, 1.54) is 274 Å². The molecule has 2 nitrogen and oxygen atoms in total. The second-order valence-corrected chi connectivity index (χ2v) is 32.6. The Morgan fingerprint density at radius 2 is 0.570 bits per heavy atom. The van der Waals surface area contributed by atoms with E-state index in [-0.39, 0.29) is 0 Å². The largest absolute Gasteiger partial charge is 0.337 e. The van der Waals surface area contributed by atoms with Crippen molar-refractivity contribution in [3.63, 3.8) is 0 Å². The maximum atomic E-state index is 3.98. The van der Waals surface area contributed by atoms with Gasteiger partial charge in [0.1, 0.15) is 0 Å². The molecule has 0 saturated heterocycles. The minimum Gasteiger partial charge on any atom is -0.337 e. The van der Waals surface area contributed by atoms with Crippen LogP contribution in [0.1, 0.15) is 220 Å². The van der Waals surface area contributed by atoms with E-state index in [4.69, 9.17) is 0 Å². The summed E-state index contributed by atoms with van der Waals surface area (Å²) in [7, 11) is 0. The van der Waals surface area contributed by atoms with Crippen molar-refractivity contribution >= 4 is 185 Å². The van der Waals surface area contributed by atoms with Gasteiger partial charge in [0.25, 0.3) is 0 Å². The van der Waals surface area contributed by atoms with Crippen LogP contribution in [0.2, 0.25) is 0 Å². The van der Waals surface area contributed by atoms with Crippen molar-refractivity contribution in [1.82, 2.24) is 9.13 Å². The van der Waals surface area contributed by atoms with E-state index in [1.54, 1.807) is 22.7 Å². The predicted octanol–water partition coefficient (Wildman–Crippen LogP) is 31.2. The highest BCUT2D eigenvalue weighted by Gasteiger charge is 2.25. The average molecular weight is 1610 g/mol. The van der Waals surface area contributed by atoms with Crippen LogP contribution in [-0.2, 0) is 0 Å². The molecule has 0 radical (unpaired) electrons. The number of hydrogen-bond donors (Lipinski definition) is 0. The fourth-order valence-corrected chi connectivity index (χ4v) is 20.7. The Balaban J connectivity index is 0.000000206.